The lowest BCUT2D eigenvalue weighted by Gasteiger charge is -2.27. The number of aromatic nitrogens is 2. The van der Waals surface area contributed by atoms with Crippen molar-refractivity contribution < 1.29 is 5.11 Å². The van der Waals surface area contributed by atoms with E-state index in [0.717, 1.165) is 62.5 Å². The quantitative estimate of drug-likeness (QED) is 0.547. The third kappa shape index (κ3) is 5.90. The first-order chi connectivity index (χ1) is 15.2. The number of hydrogen-bond acceptors (Lipinski definition) is 5. The molecule has 2 N–H and O–H groups in total. The van der Waals surface area contributed by atoms with Crippen molar-refractivity contribution in [3.8, 4) is 17.0 Å². The number of nitrogens with one attached hydrogen (secondary N) is 1. The van der Waals surface area contributed by atoms with Gasteiger partial charge in [-0.1, -0.05) is 37.3 Å². The highest BCUT2D eigenvalue weighted by atomic mass is 16.3. The lowest BCUT2D eigenvalue weighted by Crippen LogP contribution is -2.36. The predicted molar refractivity (Wildman–Crippen MR) is 125 cm³/mol. The van der Waals surface area contributed by atoms with Crippen LogP contribution < -0.4 is 5.32 Å². The van der Waals surface area contributed by atoms with Crippen molar-refractivity contribution in [2.24, 2.45) is 0 Å². The molecular formula is C26H32N4O. The number of hydrogen-bond donors (Lipinski definition) is 2. The fourth-order valence-electron chi connectivity index (χ4n) is 4.31. The maximum Gasteiger partial charge on any atom is 0.128 e. The molecule has 31 heavy (non-hydrogen) atoms. The first-order valence-electron chi connectivity index (χ1n) is 11.3. The van der Waals surface area contributed by atoms with Crippen LogP contribution in [0.5, 0.6) is 5.75 Å². The summed E-state index contributed by atoms with van der Waals surface area (Å²) in [5, 5.41) is 12.9. The standard InChI is InChI=1S/C26H32N4O/c1-2-30(23-13-15-27-18-23)19-21-6-3-7-22(17-21)25-14-16-28-26(29-25)8-4-5-20-9-11-24(31)12-10-20/h3,6-7,9-12,14,16-17,23,27,31H,2,4-5,8,13,15,18-19H2,1H3. The molecule has 0 radical (unpaired) electrons. The number of phenols is 1. The Balaban J connectivity index is 1.40. The summed E-state index contributed by atoms with van der Waals surface area (Å²) in [7, 11) is 0. The molecule has 1 fully saturated rings. The summed E-state index contributed by atoms with van der Waals surface area (Å²) in [6.45, 7) is 6.50. The van der Waals surface area contributed by atoms with Crippen LogP contribution in [0, 0.1) is 0 Å². The van der Waals surface area contributed by atoms with Crippen LogP contribution in [0.2, 0.25) is 0 Å². The van der Waals surface area contributed by atoms with Crippen LogP contribution in [-0.4, -0.2) is 45.7 Å². The molecule has 5 heteroatoms. The van der Waals surface area contributed by atoms with Gasteiger partial charge in [-0.2, -0.15) is 0 Å². The van der Waals surface area contributed by atoms with Gasteiger partial charge in [0.1, 0.15) is 11.6 Å². The highest BCUT2D eigenvalue weighted by Crippen LogP contribution is 2.21. The second-order valence-corrected chi connectivity index (χ2v) is 8.29. The minimum atomic E-state index is 0.309. The lowest BCUT2D eigenvalue weighted by atomic mass is 10.1. The van der Waals surface area contributed by atoms with E-state index in [-0.39, 0.29) is 0 Å². The number of nitrogens with zero attached hydrogens (tertiary/aromatic N) is 3. The molecule has 1 unspecified atom stereocenters. The Morgan fingerprint density at radius 3 is 2.71 bits per heavy atom. The highest BCUT2D eigenvalue weighted by Gasteiger charge is 2.21. The minimum Gasteiger partial charge on any atom is -0.508 e. The molecule has 5 nitrogen and oxygen atoms in total. The molecule has 3 aromatic rings. The zero-order valence-corrected chi connectivity index (χ0v) is 18.3. The minimum absolute atomic E-state index is 0.309. The van der Waals surface area contributed by atoms with Crippen molar-refractivity contribution in [1.29, 1.82) is 0 Å². The number of phenolic OH excluding ortho intramolecular Hbond substituents is 1. The third-order valence-electron chi connectivity index (χ3n) is 6.07. The van der Waals surface area contributed by atoms with Gasteiger partial charge in [0.15, 0.2) is 0 Å². The van der Waals surface area contributed by atoms with Crippen LogP contribution in [0.3, 0.4) is 0 Å². The van der Waals surface area contributed by atoms with E-state index in [0.29, 0.717) is 11.8 Å². The summed E-state index contributed by atoms with van der Waals surface area (Å²) < 4.78 is 0. The largest absolute Gasteiger partial charge is 0.508 e. The Kier molecular flexibility index (Phi) is 7.28. The van der Waals surface area contributed by atoms with Crippen molar-refractivity contribution in [1.82, 2.24) is 20.2 Å². The summed E-state index contributed by atoms with van der Waals surface area (Å²) in [6, 6.07) is 18.8. The third-order valence-corrected chi connectivity index (χ3v) is 6.07. The zero-order valence-electron chi connectivity index (χ0n) is 18.3. The molecule has 4 rings (SSSR count). The molecule has 1 saturated heterocycles. The Morgan fingerprint density at radius 2 is 1.94 bits per heavy atom. The highest BCUT2D eigenvalue weighted by molar-refractivity contribution is 5.59. The molecule has 0 aliphatic carbocycles. The number of likely N-dealkylation sites (N-methyl/N-ethyl adjacent to an activating group) is 1. The van der Waals surface area contributed by atoms with Gasteiger partial charge < -0.3 is 10.4 Å². The van der Waals surface area contributed by atoms with Gasteiger partial charge in [-0.25, -0.2) is 9.97 Å². The van der Waals surface area contributed by atoms with E-state index >= 15 is 0 Å². The molecule has 0 amide bonds. The molecular weight excluding hydrogens is 384 g/mol. The normalized spacial score (nSPS) is 16.1. The van der Waals surface area contributed by atoms with Gasteiger partial charge in [0.05, 0.1) is 5.69 Å². The van der Waals surface area contributed by atoms with E-state index in [1.54, 1.807) is 12.1 Å². The maximum atomic E-state index is 9.41. The van der Waals surface area contributed by atoms with E-state index < -0.39 is 0 Å². The van der Waals surface area contributed by atoms with E-state index in [1.807, 2.05) is 24.4 Å². The summed E-state index contributed by atoms with van der Waals surface area (Å²) in [5.41, 5.74) is 4.70. The molecule has 2 aromatic carbocycles. The SMILES string of the molecule is CCN(Cc1cccc(-c2ccnc(CCCc3ccc(O)cc3)n2)c1)C1CCNC1. The topological polar surface area (TPSA) is 61.3 Å². The van der Waals surface area contributed by atoms with Crippen molar-refractivity contribution in [2.45, 2.75) is 45.2 Å². The van der Waals surface area contributed by atoms with E-state index in [2.05, 4.69) is 46.4 Å². The summed E-state index contributed by atoms with van der Waals surface area (Å²) >= 11 is 0. The van der Waals surface area contributed by atoms with E-state index in [9.17, 15) is 5.11 Å². The summed E-state index contributed by atoms with van der Waals surface area (Å²) in [6.07, 6.45) is 5.87. The van der Waals surface area contributed by atoms with Crippen molar-refractivity contribution >= 4 is 0 Å². The Morgan fingerprint density at radius 1 is 1.06 bits per heavy atom. The lowest BCUT2D eigenvalue weighted by molar-refractivity contribution is 0.210. The fourth-order valence-corrected chi connectivity index (χ4v) is 4.31. The molecule has 0 saturated carbocycles. The Bertz CT molecular complexity index is 967. The molecule has 0 spiro atoms. The van der Waals surface area contributed by atoms with Crippen LogP contribution in [0.4, 0.5) is 0 Å². The van der Waals surface area contributed by atoms with E-state index in [1.165, 1.54) is 17.5 Å². The Hall–Kier alpha value is -2.76. The molecule has 1 atom stereocenters. The van der Waals surface area contributed by atoms with Crippen LogP contribution in [-0.2, 0) is 19.4 Å². The average Bonchev–Trinajstić information content (AvgIpc) is 3.34. The van der Waals surface area contributed by atoms with Crippen molar-refractivity contribution in [3.63, 3.8) is 0 Å². The monoisotopic (exact) mass is 416 g/mol. The van der Waals surface area contributed by atoms with Crippen LogP contribution in [0.1, 0.15) is 36.7 Å². The molecule has 1 aromatic heterocycles. The fraction of sp³-hybridized carbons (Fsp3) is 0.385. The second kappa shape index (κ2) is 10.5. The molecule has 2 heterocycles. The van der Waals surface area contributed by atoms with Crippen LogP contribution >= 0.6 is 0 Å². The number of rotatable bonds is 9. The zero-order chi connectivity index (χ0) is 21.5. The molecule has 0 bridgehead atoms. The van der Waals surface area contributed by atoms with Gasteiger partial charge in [0.2, 0.25) is 0 Å². The molecule has 1 aliphatic heterocycles. The number of aryl methyl sites for hydroxylation is 2. The first kappa shape index (κ1) is 21.5. The molecule has 162 valence electrons. The molecule has 1 aliphatic rings. The summed E-state index contributed by atoms with van der Waals surface area (Å²) in [4.78, 5) is 11.9. The van der Waals surface area contributed by atoms with Crippen molar-refractivity contribution in [2.75, 3.05) is 19.6 Å². The smallest absolute Gasteiger partial charge is 0.128 e. The van der Waals surface area contributed by atoms with Gasteiger partial charge in [0.25, 0.3) is 0 Å². The van der Waals surface area contributed by atoms with Gasteiger partial charge in [-0.15, -0.1) is 0 Å². The average molecular weight is 417 g/mol. The second-order valence-electron chi connectivity index (χ2n) is 8.29. The number of benzene rings is 2. The Labute approximate surface area is 185 Å². The van der Waals surface area contributed by atoms with Gasteiger partial charge >= 0.3 is 0 Å². The van der Waals surface area contributed by atoms with Gasteiger partial charge in [-0.05, 0) is 67.7 Å². The van der Waals surface area contributed by atoms with Crippen LogP contribution in [0.25, 0.3) is 11.3 Å². The predicted octanol–water partition coefficient (Wildman–Crippen LogP) is 4.21. The first-order valence-corrected chi connectivity index (χ1v) is 11.3. The maximum absolute atomic E-state index is 9.41. The van der Waals surface area contributed by atoms with Crippen molar-refractivity contribution in [3.05, 3.63) is 77.7 Å². The van der Waals surface area contributed by atoms with Crippen LogP contribution in [0.15, 0.2) is 60.8 Å². The van der Waals surface area contributed by atoms with E-state index in [4.69, 9.17) is 4.98 Å². The summed E-state index contributed by atoms with van der Waals surface area (Å²) in [5.74, 6) is 1.19. The number of aromatic hydroxyl groups is 1. The van der Waals surface area contributed by atoms with Gasteiger partial charge in [-0.3, -0.25) is 4.90 Å². The van der Waals surface area contributed by atoms with Gasteiger partial charge in [0, 0.05) is 37.3 Å².